The minimum atomic E-state index is 0.660. The van der Waals surface area contributed by atoms with Crippen molar-refractivity contribution in [1.82, 2.24) is 29.9 Å². The Bertz CT molecular complexity index is 496. The van der Waals surface area contributed by atoms with Crippen molar-refractivity contribution in [3.63, 3.8) is 0 Å². The average molecular weight is 232 g/mol. The summed E-state index contributed by atoms with van der Waals surface area (Å²) in [7, 11) is 1.90. The van der Waals surface area contributed by atoms with Crippen molar-refractivity contribution >= 4 is 0 Å². The molecule has 1 aliphatic rings. The zero-order valence-electron chi connectivity index (χ0n) is 9.87. The highest BCUT2D eigenvalue weighted by Gasteiger charge is 2.25. The maximum absolute atomic E-state index is 4.21. The lowest BCUT2D eigenvalue weighted by molar-refractivity contribution is 0.596. The molecule has 2 aromatic rings. The van der Waals surface area contributed by atoms with E-state index in [0.29, 0.717) is 6.04 Å². The predicted octanol–water partition coefficient (Wildman–Crippen LogP) is 0.577. The van der Waals surface area contributed by atoms with Gasteiger partial charge in [-0.3, -0.25) is 0 Å². The quantitative estimate of drug-likeness (QED) is 0.819. The van der Waals surface area contributed by atoms with E-state index in [9.17, 15) is 0 Å². The first kappa shape index (κ1) is 10.5. The first-order valence-electron chi connectivity index (χ1n) is 5.91. The maximum atomic E-state index is 4.21. The number of imidazole rings is 1. The van der Waals surface area contributed by atoms with Crippen LogP contribution >= 0.6 is 0 Å². The second kappa shape index (κ2) is 4.29. The number of rotatable bonds is 5. The Morgan fingerprint density at radius 2 is 2.35 bits per heavy atom. The third-order valence-electron chi connectivity index (χ3n) is 2.95. The molecule has 0 bridgehead atoms. The molecule has 1 N–H and O–H groups in total. The van der Waals surface area contributed by atoms with Crippen molar-refractivity contribution in [2.45, 2.75) is 32.0 Å². The molecule has 1 saturated carbocycles. The van der Waals surface area contributed by atoms with Gasteiger partial charge in [-0.1, -0.05) is 5.21 Å². The smallest absolute Gasteiger partial charge is 0.0964 e. The van der Waals surface area contributed by atoms with Gasteiger partial charge in [0.05, 0.1) is 36.7 Å². The molecule has 1 fully saturated rings. The van der Waals surface area contributed by atoms with E-state index in [1.165, 1.54) is 18.5 Å². The molecule has 6 heteroatoms. The Morgan fingerprint density at radius 3 is 3.12 bits per heavy atom. The lowest BCUT2D eigenvalue weighted by atomic mass is 10.4. The van der Waals surface area contributed by atoms with Crippen LogP contribution in [0.15, 0.2) is 18.7 Å². The molecule has 90 valence electrons. The second-order valence-corrected chi connectivity index (χ2v) is 4.46. The van der Waals surface area contributed by atoms with Crippen LogP contribution in [0.3, 0.4) is 0 Å². The van der Waals surface area contributed by atoms with Gasteiger partial charge >= 0.3 is 0 Å². The first-order valence-corrected chi connectivity index (χ1v) is 5.91. The first-order chi connectivity index (χ1) is 8.36. The summed E-state index contributed by atoms with van der Waals surface area (Å²) in [6, 6.07) is 0.660. The molecule has 17 heavy (non-hydrogen) atoms. The van der Waals surface area contributed by atoms with Crippen LogP contribution in [0.4, 0.5) is 0 Å². The van der Waals surface area contributed by atoms with Gasteiger partial charge in [0, 0.05) is 12.6 Å². The van der Waals surface area contributed by atoms with Gasteiger partial charge in [0.1, 0.15) is 0 Å². The molecule has 3 rings (SSSR count). The van der Waals surface area contributed by atoms with Crippen molar-refractivity contribution in [3.05, 3.63) is 30.1 Å². The fraction of sp³-hybridized carbons (Fsp3) is 0.545. The molecule has 0 atom stereocenters. The van der Waals surface area contributed by atoms with Crippen LogP contribution in [-0.2, 0) is 13.1 Å². The number of aromatic nitrogens is 5. The fourth-order valence-electron chi connectivity index (χ4n) is 1.98. The standard InChI is InChI=1S/C11H16N6/c1-12-4-9-6-16(15-14-9)7-11-5-13-8-17(11)10-2-3-10/h5-6,8,10,12H,2-4,7H2,1H3. The molecule has 2 aromatic heterocycles. The van der Waals surface area contributed by atoms with Gasteiger partial charge in [-0.2, -0.15) is 0 Å². The Hall–Kier alpha value is -1.69. The summed E-state index contributed by atoms with van der Waals surface area (Å²) < 4.78 is 4.11. The van der Waals surface area contributed by atoms with Crippen molar-refractivity contribution in [3.8, 4) is 0 Å². The molecule has 0 unspecified atom stereocenters. The minimum absolute atomic E-state index is 0.660. The number of hydrogen-bond donors (Lipinski definition) is 1. The zero-order chi connectivity index (χ0) is 11.7. The largest absolute Gasteiger partial charge is 0.330 e. The monoisotopic (exact) mass is 232 g/mol. The van der Waals surface area contributed by atoms with E-state index in [-0.39, 0.29) is 0 Å². The van der Waals surface area contributed by atoms with E-state index in [1.807, 2.05) is 30.5 Å². The van der Waals surface area contributed by atoms with E-state index in [1.54, 1.807) is 0 Å². The molecule has 0 aromatic carbocycles. The van der Waals surface area contributed by atoms with Gasteiger partial charge in [-0.25, -0.2) is 9.67 Å². The van der Waals surface area contributed by atoms with E-state index >= 15 is 0 Å². The molecule has 2 heterocycles. The lowest BCUT2D eigenvalue weighted by Crippen LogP contribution is -2.07. The summed E-state index contributed by atoms with van der Waals surface area (Å²) >= 11 is 0. The summed E-state index contributed by atoms with van der Waals surface area (Å²) in [5, 5.41) is 11.3. The Morgan fingerprint density at radius 1 is 1.47 bits per heavy atom. The molecule has 0 amide bonds. The number of hydrogen-bond acceptors (Lipinski definition) is 4. The van der Waals surface area contributed by atoms with Crippen LogP contribution in [0.5, 0.6) is 0 Å². The van der Waals surface area contributed by atoms with Gasteiger partial charge in [-0.05, 0) is 19.9 Å². The van der Waals surface area contributed by atoms with E-state index < -0.39 is 0 Å². The summed E-state index contributed by atoms with van der Waals surface area (Å²) in [5.74, 6) is 0. The van der Waals surface area contributed by atoms with Crippen LogP contribution < -0.4 is 5.32 Å². The second-order valence-electron chi connectivity index (χ2n) is 4.46. The van der Waals surface area contributed by atoms with E-state index in [4.69, 9.17) is 0 Å². The van der Waals surface area contributed by atoms with Crippen molar-refractivity contribution in [1.29, 1.82) is 0 Å². The van der Waals surface area contributed by atoms with Gasteiger partial charge < -0.3 is 9.88 Å². The van der Waals surface area contributed by atoms with Crippen LogP contribution in [0, 0.1) is 0 Å². The summed E-state index contributed by atoms with van der Waals surface area (Å²) in [5.41, 5.74) is 2.17. The normalized spacial score (nSPS) is 15.4. The molecule has 1 aliphatic carbocycles. The SMILES string of the molecule is CNCc1cn(Cc2cncn2C2CC2)nn1. The van der Waals surface area contributed by atoms with Crippen molar-refractivity contribution in [2.24, 2.45) is 0 Å². The van der Waals surface area contributed by atoms with Crippen LogP contribution in [-0.4, -0.2) is 31.6 Å². The van der Waals surface area contributed by atoms with Gasteiger partial charge in [0.15, 0.2) is 0 Å². The highest BCUT2D eigenvalue weighted by molar-refractivity contribution is 5.04. The number of nitrogens with zero attached hydrogens (tertiary/aromatic N) is 5. The lowest BCUT2D eigenvalue weighted by Gasteiger charge is -2.05. The van der Waals surface area contributed by atoms with Crippen molar-refractivity contribution < 1.29 is 0 Å². The summed E-state index contributed by atoms with van der Waals surface area (Å²) in [6.07, 6.45) is 8.34. The third kappa shape index (κ3) is 2.21. The van der Waals surface area contributed by atoms with Gasteiger partial charge in [0.25, 0.3) is 0 Å². The Balaban J connectivity index is 1.74. The highest BCUT2D eigenvalue weighted by Crippen LogP contribution is 2.35. The Kier molecular flexibility index (Phi) is 2.64. The van der Waals surface area contributed by atoms with Crippen LogP contribution in [0.25, 0.3) is 0 Å². The molecular formula is C11H16N6. The molecule has 6 nitrogen and oxygen atoms in total. The Labute approximate surface area is 99.7 Å². The van der Waals surface area contributed by atoms with Gasteiger partial charge in [-0.15, -0.1) is 5.10 Å². The van der Waals surface area contributed by atoms with E-state index in [0.717, 1.165) is 18.8 Å². The predicted molar refractivity (Wildman–Crippen MR) is 62.4 cm³/mol. The molecule has 0 aliphatic heterocycles. The third-order valence-corrected chi connectivity index (χ3v) is 2.95. The van der Waals surface area contributed by atoms with Crippen molar-refractivity contribution in [2.75, 3.05) is 7.05 Å². The zero-order valence-corrected chi connectivity index (χ0v) is 9.87. The number of nitrogens with one attached hydrogen (secondary N) is 1. The molecule has 0 saturated heterocycles. The summed E-state index contributed by atoms with van der Waals surface area (Å²) in [4.78, 5) is 4.21. The van der Waals surface area contributed by atoms with Gasteiger partial charge in [0.2, 0.25) is 0 Å². The molecule has 0 spiro atoms. The fourth-order valence-corrected chi connectivity index (χ4v) is 1.98. The summed E-state index contributed by atoms with van der Waals surface area (Å²) in [6.45, 7) is 1.50. The molecular weight excluding hydrogens is 216 g/mol. The molecule has 0 radical (unpaired) electrons. The minimum Gasteiger partial charge on any atom is -0.330 e. The highest BCUT2D eigenvalue weighted by atomic mass is 15.4. The topological polar surface area (TPSA) is 60.6 Å². The van der Waals surface area contributed by atoms with Crippen LogP contribution in [0.2, 0.25) is 0 Å². The maximum Gasteiger partial charge on any atom is 0.0964 e. The van der Waals surface area contributed by atoms with E-state index in [2.05, 4.69) is 25.2 Å². The average Bonchev–Trinajstić information content (AvgIpc) is 2.91. The van der Waals surface area contributed by atoms with Crippen LogP contribution in [0.1, 0.15) is 30.3 Å².